The quantitative estimate of drug-likeness (QED) is 0.0978. The Labute approximate surface area is 150 Å². The Morgan fingerprint density at radius 1 is 1.17 bits per heavy atom. The molecule has 1 aliphatic heterocycles. The number of hydrogen-bond acceptors (Lipinski definition) is 4. The Hall–Kier alpha value is 0.430. The number of halogens is 8. The zero-order chi connectivity index (χ0) is 19.3. The summed E-state index contributed by atoms with van der Waals surface area (Å²) in [6.07, 6.45) is -12.1. The van der Waals surface area contributed by atoms with Crippen LogP contribution in [0.5, 0.6) is 0 Å². The van der Waals surface area contributed by atoms with Gasteiger partial charge in [-0.2, -0.15) is 0 Å². The first kappa shape index (κ1) is 22.5. The van der Waals surface area contributed by atoms with Gasteiger partial charge in [-0.1, -0.05) is 0 Å². The summed E-state index contributed by atoms with van der Waals surface area (Å²) in [5, 5.41) is 9.47. The molecular weight excluding hydrogens is 574 g/mol. The van der Waals surface area contributed by atoms with Gasteiger partial charge >= 0.3 is 151 Å². The summed E-state index contributed by atoms with van der Waals surface area (Å²) in [6, 6.07) is 0. The fourth-order valence-corrected chi connectivity index (χ4v) is 15.7. The number of nitrogens with one attached hydrogen (secondary N) is 1. The number of ether oxygens (including phenoxy) is 1. The molecule has 1 saturated heterocycles. The van der Waals surface area contributed by atoms with Gasteiger partial charge in [0.05, 0.1) is 0 Å². The Balaban J connectivity index is 3.15. The summed E-state index contributed by atoms with van der Waals surface area (Å²) in [6.45, 7) is 0.852. The van der Waals surface area contributed by atoms with Crippen molar-refractivity contribution in [2.75, 3.05) is 14.8 Å². The molecule has 1 heterocycles. The van der Waals surface area contributed by atoms with E-state index in [1.165, 1.54) is 0 Å². The van der Waals surface area contributed by atoms with Gasteiger partial charge in [-0.25, -0.2) is 0 Å². The number of hydrogen-bond donors (Lipinski definition) is 2. The van der Waals surface area contributed by atoms with Crippen LogP contribution < -0.4 is 3.53 Å². The average Bonchev–Trinajstić information content (AvgIpc) is 3.00. The van der Waals surface area contributed by atoms with Crippen molar-refractivity contribution in [2.24, 2.45) is 0 Å². The van der Waals surface area contributed by atoms with Crippen molar-refractivity contribution >= 4 is 45.9 Å². The van der Waals surface area contributed by atoms with E-state index in [4.69, 9.17) is 0 Å². The molecule has 0 spiro atoms. The Morgan fingerprint density at radius 3 is 1.79 bits per heavy atom. The molecule has 1 rings (SSSR count). The van der Waals surface area contributed by atoms with Crippen LogP contribution in [0.3, 0.4) is 0 Å². The molecule has 146 valence electrons. The van der Waals surface area contributed by atoms with Crippen molar-refractivity contribution in [3.05, 3.63) is 0 Å². The molecule has 1 fully saturated rings. The zero-order valence-corrected chi connectivity index (χ0v) is 17.8. The van der Waals surface area contributed by atoms with E-state index in [2.05, 4.69) is 8.27 Å². The summed E-state index contributed by atoms with van der Waals surface area (Å²) in [4.78, 5) is 17.8. The van der Waals surface area contributed by atoms with Crippen LogP contribution in [0.25, 0.3) is 0 Å². The molecule has 0 aliphatic carbocycles. The predicted octanol–water partition coefficient (Wildman–Crippen LogP) is 3.28. The second-order valence-electron chi connectivity index (χ2n) is 5.88. The molecule has 1 aliphatic rings. The van der Waals surface area contributed by atoms with Crippen molar-refractivity contribution in [2.45, 2.75) is 45.4 Å². The molecule has 0 saturated carbocycles. The minimum absolute atomic E-state index is 0.164. The predicted molar refractivity (Wildman–Crippen MR) is 93.8 cm³/mol. The topological polar surface area (TPSA) is 68.5 Å². The van der Waals surface area contributed by atoms with E-state index in [9.17, 15) is 36.2 Å². The van der Waals surface area contributed by atoms with Gasteiger partial charge in [0.2, 0.25) is 0 Å². The first-order valence-electron chi connectivity index (χ1n) is 6.39. The second kappa shape index (κ2) is 6.87. The third-order valence-corrected chi connectivity index (χ3v) is 12.9. The van der Waals surface area contributed by atoms with Crippen LogP contribution in [0.1, 0.15) is 13.8 Å². The maximum absolute atomic E-state index is 13.0. The number of alkyl halides is 11. The average molecular weight is 593 g/mol. The minimum atomic E-state index is -6.05. The van der Waals surface area contributed by atoms with Gasteiger partial charge in [-0.15, -0.1) is 0 Å². The van der Waals surface area contributed by atoms with Gasteiger partial charge in [0.15, 0.2) is 0 Å². The molecule has 0 radical (unpaired) electrons. The maximum atomic E-state index is 13.0. The molecular formula is C12H19F6I2NO3. The normalized spacial score (nSPS) is 22.9. The zero-order valence-electron chi connectivity index (χ0n) is 13.4. The van der Waals surface area contributed by atoms with Crippen molar-refractivity contribution < 1.29 is 41.0 Å². The monoisotopic (exact) mass is 593 g/mol. The number of esters is 1. The fraction of sp³-hybridized carbons (Fsp3) is 0.917. The van der Waals surface area contributed by atoms with Crippen LogP contribution in [0.15, 0.2) is 0 Å². The van der Waals surface area contributed by atoms with E-state index >= 15 is 0 Å². The molecule has 2 atom stereocenters. The number of carbonyl (C=O) groups is 1. The standard InChI is InChI=1S/C12H19F6I2NO3/c1-9(2,10(23,11(13,14)15)12(16,17)18)24-8(22)6(19(3)4)7-20(5)21-7/h6-7,21,23H,1-5H3. The fourth-order valence-electron chi connectivity index (χ4n) is 2.11. The molecule has 12 heteroatoms. The van der Waals surface area contributed by atoms with E-state index in [0.29, 0.717) is 13.8 Å². The second-order valence-corrected chi connectivity index (χ2v) is 16.8. The van der Waals surface area contributed by atoms with Crippen LogP contribution >= 0.6 is 39.9 Å². The van der Waals surface area contributed by atoms with Crippen molar-refractivity contribution in [1.82, 2.24) is 3.53 Å². The Kier molecular flexibility index (Phi) is 6.43. The third kappa shape index (κ3) is 4.05. The summed E-state index contributed by atoms with van der Waals surface area (Å²) < 4.78 is 84.7. The van der Waals surface area contributed by atoms with Gasteiger partial charge in [0, 0.05) is 0 Å². The van der Waals surface area contributed by atoms with Crippen molar-refractivity contribution in [3.8, 4) is 0 Å². The van der Waals surface area contributed by atoms with Gasteiger partial charge in [-0.3, -0.25) is 0 Å². The molecule has 0 aromatic heterocycles. The molecule has 24 heavy (non-hydrogen) atoms. The summed E-state index contributed by atoms with van der Waals surface area (Å²) in [5.74, 6) is -1.11. The van der Waals surface area contributed by atoms with E-state index < -0.39 is 73.4 Å². The summed E-state index contributed by atoms with van der Waals surface area (Å²) in [5.41, 5.74) is -8.37. The molecule has 2 unspecified atom stereocenters. The van der Waals surface area contributed by atoms with Gasteiger partial charge < -0.3 is 0 Å². The molecule has 2 N–H and O–H groups in total. The van der Waals surface area contributed by atoms with Crippen LogP contribution in [-0.2, 0) is 9.53 Å². The van der Waals surface area contributed by atoms with Crippen molar-refractivity contribution in [3.63, 3.8) is 0 Å². The number of aliphatic hydroxyl groups is 1. The molecule has 0 aromatic rings. The van der Waals surface area contributed by atoms with E-state index in [-0.39, 0.29) is 4.05 Å². The SMILES string of the molecule is CI(C)C(C(=O)OC(C)(C)C(O)(C(F)(F)F)C(F)(F)F)C1NI1C. The van der Waals surface area contributed by atoms with E-state index in [0.717, 1.165) is 0 Å². The summed E-state index contributed by atoms with van der Waals surface area (Å²) in [7, 11) is 0. The van der Waals surface area contributed by atoms with Gasteiger partial charge in [0.1, 0.15) is 0 Å². The van der Waals surface area contributed by atoms with E-state index in [1.54, 1.807) is 9.86 Å². The number of carbonyl (C=O) groups excluding carboxylic acids is 1. The molecule has 4 nitrogen and oxygen atoms in total. The van der Waals surface area contributed by atoms with Crippen LogP contribution in [0.4, 0.5) is 26.3 Å². The molecule has 0 amide bonds. The van der Waals surface area contributed by atoms with E-state index in [1.807, 2.05) is 4.93 Å². The van der Waals surface area contributed by atoms with Gasteiger partial charge in [-0.05, 0) is 0 Å². The first-order chi connectivity index (χ1) is 10.5. The van der Waals surface area contributed by atoms with Crippen LogP contribution in [0, 0.1) is 0 Å². The third-order valence-electron chi connectivity index (χ3n) is 3.58. The Morgan fingerprint density at radius 2 is 1.54 bits per heavy atom. The van der Waals surface area contributed by atoms with Crippen molar-refractivity contribution in [1.29, 1.82) is 0 Å². The Bertz CT molecular complexity index is 480. The first-order valence-corrected chi connectivity index (χ1v) is 16.4. The van der Waals surface area contributed by atoms with Crippen LogP contribution in [0.2, 0.25) is 0 Å². The summed E-state index contributed by atoms with van der Waals surface area (Å²) >= 11 is -3.46. The molecule has 0 bridgehead atoms. The van der Waals surface area contributed by atoms with Crippen LogP contribution in [-0.4, -0.2) is 57.4 Å². The molecule has 0 aromatic carbocycles. The number of rotatable bonds is 5. The van der Waals surface area contributed by atoms with Gasteiger partial charge in [0.25, 0.3) is 0 Å².